The zero-order chi connectivity index (χ0) is 14.6. The monoisotopic (exact) mass is 265 g/mol. The Morgan fingerprint density at radius 3 is 2.37 bits per heavy atom. The van der Waals surface area contributed by atoms with E-state index < -0.39 is 17.7 Å². The molecule has 5 nitrogen and oxygen atoms in total. The second kappa shape index (κ2) is 5.73. The summed E-state index contributed by atoms with van der Waals surface area (Å²) in [6.45, 7) is 5.54. The number of rotatable bonds is 3. The second-order valence-electron chi connectivity index (χ2n) is 5.30. The van der Waals surface area contributed by atoms with Gasteiger partial charge in [-0.05, 0) is 32.4 Å². The van der Waals surface area contributed by atoms with E-state index in [-0.39, 0.29) is 12.1 Å². The molecule has 1 aromatic rings. The van der Waals surface area contributed by atoms with Crippen LogP contribution < -0.4 is 0 Å². The SMILES string of the molecule is CN(Cc1ccccc1C(=O)O)C(=O)OC(C)(C)C. The maximum atomic E-state index is 11.8. The van der Waals surface area contributed by atoms with Crippen molar-refractivity contribution in [2.45, 2.75) is 32.9 Å². The van der Waals surface area contributed by atoms with Gasteiger partial charge in [0.1, 0.15) is 5.60 Å². The average Bonchev–Trinajstić information content (AvgIpc) is 2.27. The second-order valence-corrected chi connectivity index (χ2v) is 5.30. The Kier molecular flexibility index (Phi) is 4.53. The molecule has 0 radical (unpaired) electrons. The number of carboxylic acid groups (broad SMARTS) is 1. The van der Waals surface area contributed by atoms with E-state index in [9.17, 15) is 9.59 Å². The van der Waals surface area contributed by atoms with Gasteiger partial charge in [-0.25, -0.2) is 9.59 Å². The molecule has 1 amide bonds. The molecule has 104 valence electrons. The number of ether oxygens (including phenoxy) is 1. The number of hydrogen-bond donors (Lipinski definition) is 1. The van der Waals surface area contributed by atoms with Crippen molar-refractivity contribution in [2.75, 3.05) is 7.05 Å². The highest BCUT2D eigenvalue weighted by Gasteiger charge is 2.20. The van der Waals surface area contributed by atoms with Crippen LogP contribution in [-0.4, -0.2) is 34.7 Å². The van der Waals surface area contributed by atoms with Gasteiger partial charge in [-0.2, -0.15) is 0 Å². The van der Waals surface area contributed by atoms with Crippen molar-refractivity contribution >= 4 is 12.1 Å². The Labute approximate surface area is 112 Å². The Morgan fingerprint density at radius 1 is 1.26 bits per heavy atom. The molecule has 0 aliphatic carbocycles. The third-order valence-electron chi connectivity index (χ3n) is 2.36. The van der Waals surface area contributed by atoms with E-state index >= 15 is 0 Å². The lowest BCUT2D eigenvalue weighted by Gasteiger charge is -2.25. The molecule has 0 aromatic heterocycles. The lowest BCUT2D eigenvalue weighted by atomic mass is 10.1. The molecule has 1 aromatic carbocycles. The lowest BCUT2D eigenvalue weighted by Crippen LogP contribution is -2.34. The number of carbonyl (C=O) groups excluding carboxylic acids is 1. The van der Waals surface area contributed by atoms with Gasteiger partial charge in [-0.15, -0.1) is 0 Å². The van der Waals surface area contributed by atoms with E-state index in [0.29, 0.717) is 5.56 Å². The molecule has 5 heteroatoms. The lowest BCUT2D eigenvalue weighted by molar-refractivity contribution is 0.0283. The third kappa shape index (κ3) is 4.62. The zero-order valence-corrected chi connectivity index (χ0v) is 11.6. The zero-order valence-electron chi connectivity index (χ0n) is 11.6. The first-order valence-corrected chi connectivity index (χ1v) is 5.96. The van der Waals surface area contributed by atoms with Crippen molar-refractivity contribution in [1.29, 1.82) is 0 Å². The number of amides is 1. The van der Waals surface area contributed by atoms with E-state index in [1.54, 1.807) is 46.0 Å². The molecule has 0 aliphatic heterocycles. The van der Waals surface area contributed by atoms with E-state index in [2.05, 4.69) is 0 Å². The standard InChI is InChI=1S/C14H19NO4/c1-14(2,3)19-13(18)15(4)9-10-7-5-6-8-11(10)12(16)17/h5-8H,9H2,1-4H3,(H,16,17). The summed E-state index contributed by atoms with van der Waals surface area (Å²) in [4.78, 5) is 24.2. The first-order chi connectivity index (χ1) is 8.70. The van der Waals surface area contributed by atoms with Crippen LogP contribution in [0.25, 0.3) is 0 Å². The fourth-order valence-electron chi connectivity index (χ4n) is 1.53. The number of carbonyl (C=O) groups is 2. The predicted molar refractivity (Wildman–Crippen MR) is 71.1 cm³/mol. The van der Waals surface area contributed by atoms with Crippen molar-refractivity contribution < 1.29 is 19.4 Å². The molecule has 1 N–H and O–H groups in total. The van der Waals surface area contributed by atoms with Gasteiger partial charge in [0.05, 0.1) is 5.56 Å². The largest absolute Gasteiger partial charge is 0.478 e. The minimum atomic E-state index is -1.01. The van der Waals surface area contributed by atoms with E-state index in [1.807, 2.05) is 0 Å². The normalized spacial score (nSPS) is 10.9. The minimum absolute atomic E-state index is 0.192. The van der Waals surface area contributed by atoms with Crippen molar-refractivity contribution in [3.8, 4) is 0 Å². The van der Waals surface area contributed by atoms with E-state index in [4.69, 9.17) is 9.84 Å². The summed E-state index contributed by atoms with van der Waals surface area (Å²) in [5.41, 5.74) is 0.193. The summed E-state index contributed by atoms with van der Waals surface area (Å²) in [5, 5.41) is 9.07. The van der Waals surface area contributed by atoms with Crippen molar-refractivity contribution in [2.24, 2.45) is 0 Å². The van der Waals surface area contributed by atoms with Crippen LogP contribution in [-0.2, 0) is 11.3 Å². The predicted octanol–water partition coefficient (Wildman–Crippen LogP) is 2.75. The Balaban J connectivity index is 2.80. The molecule has 1 rings (SSSR count). The molecule has 0 saturated heterocycles. The van der Waals surface area contributed by atoms with Crippen molar-refractivity contribution in [1.82, 2.24) is 4.90 Å². The van der Waals surface area contributed by atoms with Crippen LogP contribution >= 0.6 is 0 Å². The van der Waals surface area contributed by atoms with Gasteiger partial charge >= 0.3 is 12.1 Å². The number of nitrogens with zero attached hydrogens (tertiary/aromatic N) is 1. The highest BCUT2D eigenvalue weighted by molar-refractivity contribution is 5.89. The van der Waals surface area contributed by atoms with Gasteiger partial charge in [0.2, 0.25) is 0 Å². The maximum Gasteiger partial charge on any atom is 0.410 e. The molecule has 0 atom stereocenters. The molecular weight excluding hydrogens is 246 g/mol. The van der Waals surface area contributed by atoms with Crippen LogP contribution in [0.5, 0.6) is 0 Å². The molecule has 0 spiro atoms. The van der Waals surface area contributed by atoms with Gasteiger partial charge in [0, 0.05) is 13.6 Å². The first kappa shape index (κ1) is 15.0. The first-order valence-electron chi connectivity index (χ1n) is 5.96. The van der Waals surface area contributed by atoms with E-state index in [0.717, 1.165) is 0 Å². The fourth-order valence-corrected chi connectivity index (χ4v) is 1.53. The Bertz CT molecular complexity index is 477. The van der Waals surface area contributed by atoms with Gasteiger partial charge < -0.3 is 14.7 Å². The fraction of sp³-hybridized carbons (Fsp3) is 0.429. The molecule has 19 heavy (non-hydrogen) atoms. The molecule has 0 bridgehead atoms. The number of carboxylic acids is 1. The molecule has 0 unspecified atom stereocenters. The number of hydrogen-bond acceptors (Lipinski definition) is 3. The topological polar surface area (TPSA) is 66.8 Å². The molecule has 0 heterocycles. The Hall–Kier alpha value is -2.04. The van der Waals surface area contributed by atoms with E-state index in [1.165, 1.54) is 11.0 Å². The van der Waals surface area contributed by atoms with Gasteiger partial charge in [-0.1, -0.05) is 18.2 Å². The molecule has 0 saturated carbocycles. The van der Waals surface area contributed by atoms with Crippen LogP contribution in [0.3, 0.4) is 0 Å². The molecule has 0 fully saturated rings. The van der Waals surface area contributed by atoms with Crippen LogP contribution in [0.2, 0.25) is 0 Å². The molecular formula is C14H19NO4. The minimum Gasteiger partial charge on any atom is -0.478 e. The smallest absolute Gasteiger partial charge is 0.410 e. The summed E-state index contributed by atoms with van der Waals surface area (Å²) in [6, 6.07) is 6.59. The quantitative estimate of drug-likeness (QED) is 0.912. The summed E-state index contributed by atoms with van der Waals surface area (Å²) in [7, 11) is 1.58. The van der Waals surface area contributed by atoms with Gasteiger partial charge in [0.25, 0.3) is 0 Å². The van der Waals surface area contributed by atoms with Crippen LogP contribution in [0.1, 0.15) is 36.7 Å². The summed E-state index contributed by atoms with van der Waals surface area (Å²) < 4.78 is 5.21. The van der Waals surface area contributed by atoms with Crippen LogP contribution in [0.4, 0.5) is 4.79 Å². The highest BCUT2D eigenvalue weighted by atomic mass is 16.6. The summed E-state index contributed by atoms with van der Waals surface area (Å²) >= 11 is 0. The van der Waals surface area contributed by atoms with Crippen molar-refractivity contribution in [3.05, 3.63) is 35.4 Å². The average molecular weight is 265 g/mol. The summed E-state index contributed by atoms with van der Waals surface area (Å²) in [6.07, 6.45) is -0.479. The Morgan fingerprint density at radius 2 is 1.84 bits per heavy atom. The van der Waals surface area contributed by atoms with Gasteiger partial charge in [-0.3, -0.25) is 0 Å². The third-order valence-corrected chi connectivity index (χ3v) is 2.36. The summed E-state index contributed by atoms with van der Waals surface area (Å²) in [5.74, 6) is -1.01. The highest BCUT2D eigenvalue weighted by Crippen LogP contribution is 2.14. The molecule has 0 aliphatic rings. The van der Waals surface area contributed by atoms with Crippen LogP contribution in [0.15, 0.2) is 24.3 Å². The van der Waals surface area contributed by atoms with Crippen molar-refractivity contribution in [3.63, 3.8) is 0 Å². The van der Waals surface area contributed by atoms with Gasteiger partial charge in [0.15, 0.2) is 0 Å². The number of aromatic carboxylic acids is 1. The number of benzene rings is 1. The van der Waals surface area contributed by atoms with Crippen LogP contribution in [0, 0.1) is 0 Å². The maximum absolute atomic E-state index is 11.8.